The number of hydrogen-bond acceptors (Lipinski definition) is 3. The smallest absolute Gasteiger partial charge is 0.228 e. The molecule has 2 N–H and O–H groups in total. The minimum atomic E-state index is 0.0255. The van der Waals surface area contributed by atoms with E-state index in [1.165, 1.54) is 0 Å². The van der Waals surface area contributed by atoms with Crippen molar-refractivity contribution in [2.45, 2.75) is 19.4 Å². The highest BCUT2D eigenvalue weighted by molar-refractivity contribution is 5.78. The molecule has 0 bridgehead atoms. The molecule has 0 saturated carbocycles. The van der Waals surface area contributed by atoms with Gasteiger partial charge in [-0.2, -0.15) is 0 Å². The van der Waals surface area contributed by atoms with Gasteiger partial charge in [0.05, 0.1) is 12.5 Å². The van der Waals surface area contributed by atoms with E-state index in [0.717, 1.165) is 30.7 Å². The zero-order chi connectivity index (χ0) is 13.0. The molecular weight excluding hydrogens is 228 g/mol. The van der Waals surface area contributed by atoms with E-state index in [9.17, 15) is 4.79 Å². The van der Waals surface area contributed by atoms with E-state index in [0.29, 0.717) is 13.2 Å². The lowest BCUT2D eigenvalue weighted by molar-refractivity contribution is -0.138. The van der Waals surface area contributed by atoms with Crippen LogP contribution in [-0.2, 0) is 16.1 Å². The fraction of sp³-hybridized carbons (Fsp3) is 0.500. The van der Waals surface area contributed by atoms with Gasteiger partial charge in [0.25, 0.3) is 0 Å². The summed E-state index contributed by atoms with van der Waals surface area (Å²) in [7, 11) is 1.84. The van der Waals surface area contributed by atoms with Gasteiger partial charge in [0, 0.05) is 25.9 Å². The third-order valence-corrected chi connectivity index (χ3v) is 3.29. The van der Waals surface area contributed by atoms with Gasteiger partial charge < -0.3 is 15.4 Å². The molecule has 1 fully saturated rings. The summed E-state index contributed by atoms with van der Waals surface area (Å²) < 4.78 is 5.36. The van der Waals surface area contributed by atoms with Crippen LogP contribution in [0, 0.1) is 5.92 Å². The second-order valence-electron chi connectivity index (χ2n) is 4.85. The Kier molecular flexibility index (Phi) is 4.20. The first-order valence-corrected chi connectivity index (χ1v) is 6.34. The predicted octanol–water partition coefficient (Wildman–Crippen LogP) is 1.65. The van der Waals surface area contributed by atoms with Crippen LogP contribution in [0.5, 0.6) is 0 Å². The number of hydrogen-bond donors (Lipinski definition) is 1. The van der Waals surface area contributed by atoms with E-state index in [1.54, 1.807) is 4.90 Å². The second kappa shape index (κ2) is 5.87. The van der Waals surface area contributed by atoms with Gasteiger partial charge in [0.1, 0.15) is 0 Å². The number of anilines is 1. The molecule has 4 nitrogen and oxygen atoms in total. The lowest BCUT2D eigenvalue weighted by Gasteiger charge is -2.26. The fourth-order valence-corrected chi connectivity index (χ4v) is 2.22. The summed E-state index contributed by atoms with van der Waals surface area (Å²) in [6, 6.07) is 7.63. The number of benzene rings is 1. The van der Waals surface area contributed by atoms with Gasteiger partial charge >= 0.3 is 0 Å². The maximum absolute atomic E-state index is 12.2. The van der Waals surface area contributed by atoms with Crippen LogP contribution in [0.15, 0.2) is 24.3 Å². The van der Waals surface area contributed by atoms with Crippen LogP contribution in [0.1, 0.15) is 18.4 Å². The SMILES string of the molecule is CN(Cc1ccc(N)cc1)C(=O)C1CCCOC1. The van der Waals surface area contributed by atoms with Crippen molar-refractivity contribution in [3.63, 3.8) is 0 Å². The molecule has 1 aliphatic rings. The van der Waals surface area contributed by atoms with Crippen LogP contribution in [0.25, 0.3) is 0 Å². The molecule has 1 aromatic rings. The van der Waals surface area contributed by atoms with E-state index in [1.807, 2.05) is 31.3 Å². The number of ether oxygens (including phenoxy) is 1. The number of nitrogens with zero attached hydrogens (tertiary/aromatic N) is 1. The standard InChI is InChI=1S/C14H20N2O2/c1-16(9-11-4-6-13(15)7-5-11)14(17)12-3-2-8-18-10-12/h4-7,12H,2-3,8-10,15H2,1H3. The quantitative estimate of drug-likeness (QED) is 0.828. The minimum Gasteiger partial charge on any atom is -0.399 e. The molecule has 18 heavy (non-hydrogen) atoms. The molecule has 1 aromatic carbocycles. The Bertz CT molecular complexity index is 397. The maximum Gasteiger partial charge on any atom is 0.228 e. The number of nitrogens with two attached hydrogens (primary N) is 1. The van der Waals surface area contributed by atoms with Gasteiger partial charge in [-0.25, -0.2) is 0 Å². The number of carbonyl (C=O) groups excluding carboxylic acids is 1. The van der Waals surface area contributed by atoms with Crippen molar-refractivity contribution < 1.29 is 9.53 Å². The average Bonchev–Trinajstić information content (AvgIpc) is 2.41. The van der Waals surface area contributed by atoms with Crippen LogP contribution in [0.2, 0.25) is 0 Å². The third kappa shape index (κ3) is 3.23. The van der Waals surface area contributed by atoms with Crippen molar-refractivity contribution in [2.75, 3.05) is 26.0 Å². The van der Waals surface area contributed by atoms with E-state index in [-0.39, 0.29) is 11.8 Å². The van der Waals surface area contributed by atoms with Gasteiger partial charge in [0.2, 0.25) is 5.91 Å². The van der Waals surface area contributed by atoms with Gasteiger partial charge in [-0.15, -0.1) is 0 Å². The zero-order valence-electron chi connectivity index (χ0n) is 10.8. The van der Waals surface area contributed by atoms with Crippen molar-refractivity contribution in [1.82, 2.24) is 4.90 Å². The fourth-order valence-electron chi connectivity index (χ4n) is 2.22. The first kappa shape index (κ1) is 12.9. The molecular formula is C14H20N2O2. The molecule has 4 heteroatoms. The van der Waals surface area contributed by atoms with Gasteiger partial charge in [-0.1, -0.05) is 12.1 Å². The van der Waals surface area contributed by atoms with Crippen molar-refractivity contribution in [3.8, 4) is 0 Å². The Morgan fingerprint density at radius 3 is 2.78 bits per heavy atom. The minimum absolute atomic E-state index is 0.0255. The average molecular weight is 248 g/mol. The van der Waals surface area contributed by atoms with E-state index in [4.69, 9.17) is 10.5 Å². The van der Waals surface area contributed by atoms with Crippen LogP contribution in [0.4, 0.5) is 5.69 Å². The molecule has 0 radical (unpaired) electrons. The van der Waals surface area contributed by atoms with Crippen LogP contribution in [-0.4, -0.2) is 31.1 Å². The summed E-state index contributed by atoms with van der Waals surface area (Å²) >= 11 is 0. The molecule has 1 unspecified atom stereocenters. The van der Waals surface area contributed by atoms with Crippen LogP contribution >= 0.6 is 0 Å². The molecule has 1 heterocycles. The van der Waals surface area contributed by atoms with Crippen LogP contribution in [0.3, 0.4) is 0 Å². The maximum atomic E-state index is 12.2. The second-order valence-corrected chi connectivity index (χ2v) is 4.85. The Labute approximate surface area is 108 Å². The number of carbonyl (C=O) groups is 1. The summed E-state index contributed by atoms with van der Waals surface area (Å²) in [5.41, 5.74) is 7.48. The summed E-state index contributed by atoms with van der Waals surface area (Å²) in [5, 5.41) is 0. The molecule has 1 atom stereocenters. The molecule has 0 aromatic heterocycles. The molecule has 98 valence electrons. The summed E-state index contributed by atoms with van der Waals surface area (Å²) in [6.07, 6.45) is 1.91. The summed E-state index contributed by atoms with van der Waals surface area (Å²) in [4.78, 5) is 14.0. The number of rotatable bonds is 3. The Balaban J connectivity index is 1.92. The van der Waals surface area contributed by atoms with E-state index >= 15 is 0 Å². The Hall–Kier alpha value is -1.55. The molecule has 1 amide bonds. The summed E-state index contributed by atoms with van der Waals surface area (Å²) in [5.74, 6) is 0.198. The molecule has 1 aliphatic heterocycles. The monoisotopic (exact) mass is 248 g/mol. The van der Waals surface area contributed by atoms with Gasteiger partial charge in [-0.05, 0) is 30.5 Å². The summed E-state index contributed by atoms with van der Waals surface area (Å²) in [6.45, 7) is 1.96. The highest BCUT2D eigenvalue weighted by Crippen LogP contribution is 2.17. The highest BCUT2D eigenvalue weighted by atomic mass is 16.5. The molecule has 0 spiro atoms. The number of amides is 1. The lowest BCUT2D eigenvalue weighted by atomic mass is 10.0. The topological polar surface area (TPSA) is 55.6 Å². The third-order valence-electron chi connectivity index (χ3n) is 3.29. The van der Waals surface area contributed by atoms with Crippen molar-refractivity contribution in [2.24, 2.45) is 5.92 Å². The first-order valence-electron chi connectivity index (χ1n) is 6.34. The van der Waals surface area contributed by atoms with Crippen molar-refractivity contribution >= 4 is 11.6 Å². The Morgan fingerprint density at radius 1 is 1.44 bits per heavy atom. The van der Waals surface area contributed by atoms with Crippen molar-refractivity contribution in [1.29, 1.82) is 0 Å². The number of nitrogen functional groups attached to an aromatic ring is 1. The molecule has 0 aliphatic carbocycles. The van der Waals surface area contributed by atoms with Crippen molar-refractivity contribution in [3.05, 3.63) is 29.8 Å². The lowest BCUT2D eigenvalue weighted by Crippen LogP contribution is -2.36. The molecule has 1 saturated heterocycles. The largest absolute Gasteiger partial charge is 0.399 e. The van der Waals surface area contributed by atoms with E-state index in [2.05, 4.69) is 0 Å². The van der Waals surface area contributed by atoms with Crippen LogP contribution < -0.4 is 5.73 Å². The van der Waals surface area contributed by atoms with Gasteiger partial charge in [-0.3, -0.25) is 4.79 Å². The molecule has 2 rings (SSSR count). The van der Waals surface area contributed by atoms with E-state index < -0.39 is 0 Å². The normalized spacial score (nSPS) is 19.5. The first-order chi connectivity index (χ1) is 8.66. The Morgan fingerprint density at radius 2 is 2.17 bits per heavy atom. The highest BCUT2D eigenvalue weighted by Gasteiger charge is 2.24. The van der Waals surface area contributed by atoms with Gasteiger partial charge in [0.15, 0.2) is 0 Å². The predicted molar refractivity (Wildman–Crippen MR) is 70.9 cm³/mol. The zero-order valence-corrected chi connectivity index (χ0v) is 10.8.